The van der Waals surface area contributed by atoms with Gasteiger partial charge in [0.2, 0.25) is 15.9 Å². The van der Waals surface area contributed by atoms with Gasteiger partial charge in [0, 0.05) is 12.1 Å². The molecule has 1 aromatic heterocycles. The summed E-state index contributed by atoms with van der Waals surface area (Å²) < 4.78 is 32.5. The molecule has 1 aliphatic rings. The second-order valence-corrected chi connectivity index (χ2v) is 8.42. The number of hydrogen-bond donors (Lipinski definition) is 1. The third-order valence-electron chi connectivity index (χ3n) is 4.53. The molecule has 8 heteroatoms. The lowest BCUT2D eigenvalue weighted by molar-refractivity contribution is -0.116. The standard InChI is InChI=1S/C18H23N3O4S/c1-14-12-17(20-25-14)19-18(22)13-21(15-8-4-2-5-9-15)26(23,24)16-10-6-3-7-11-16/h3,6-7,10-12,15H,2,4-5,8-9,13H2,1H3,(H,19,20,22). The van der Waals surface area contributed by atoms with Crippen molar-refractivity contribution in [1.82, 2.24) is 9.46 Å². The normalized spacial score (nSPS) is 15.9. The first-order valence-corrected chi connectivity index (χ1v) is 10.2. The van der Waals surface area contributed by atoms with Crippen LogP contribution in [0.25, 0.3) is 0 Å². The quantitative estimate of drug-likeness (QED) is 0.835. The van der Waals surface area contributed by atoms with E-state index in [4.69, 9.17) is 4.52 Å². The van der Waals surface area contributed by atoms with Gasteiger partial charge < -0.3 is 9.84 Å². The zero-order valence-electron chi connectivity index (χ0n) is 14.7. The van der Waals surface area contributed by atoms with Crippen LogP contribution in [0, 0.1) is 6.92 Å². The minimum Gasteiger partial charge on any atom is -0.360 e. The molecule has 0 unspecified atom stereocenters. The smallest absolute Gasteiger partial charge is 0.243 e. The average Bonchev–Trinajstić information content (AvgIpc) is 3.05. The molecule has 0 saturated heterocycles. The molecule has 1 fully saturated rings. The van der Waals surface area contributed by atoms with Gasteiger partial charge in [-0.25, -0.2) is 8.42 Å². The van der Waals surface area contributed by atoms with Crippen molar-refractivity contribution in [2.45, 2.75) is 50.0 Å². The Bertz CT molecular complexity index is 842. The zero-order chi connectivity index (χ0) is 18.6. The summed E-state index contributed by atoms with van der Waals surface area (Å²) >= 11 is 0. The SMILES string of the molecule is Cc1cc(NC(=O)CN(C2CCCCC2)S(=O)(=O)c2ccccc2)no1. The van der Waals surface area contributed by atoms with Crippen molar-refractivity contribution in [2.24, 2.45) is 0 Å². The predicted molar refractivity (Wildman–Crippen MR) is 97.1 cm³/mol. The highest BCUT2D eigenvalue weighted by Gasteiger charge is 2.34. The summed E-state index contributed by atoms with van der Waals surface area (Å²) in [6.45, 7) is 1.48. The molecular weight excluding hydrogens is 354 g/mol. The van der Waals surface area contributed by atoms with E-state index in [-0.39, 0.29) is 23.3 Å². The van der Waals surface area contributed by atoms with E-state index in [2.05, 4.69) is 10.5 Å². The number of hydrogen-bond acceptors (Lipinski definition) is 5. The molecule has 1 amide bonds. The van der Waals surface area contributed by atoms with Gasteiger partial charge in [0.25, 0.3) is 0 Å². The lowest BCUT2D eigenvalue weighted by Gasteiger charge is -2.32. The molecule has 0 atom stereocenters. The number of anilines is 1. The molecule has 3 rings (SSSR count). The minimum absolute atomic E-state index is 0.168. The van der Waals surface area contributed by atoms with Gasteiger partial charge >= 0.3 is 0 Å². The first-order valence-electron chi connectivity index (χ1n) is 8.77. The summed E-state index contributed by atoms with van der Waals surface area (Å²) in [6, 6.07) is 9.68. The van der Waals surface area contributed by atoms with Gasteiger partial charge in [-0.3, -0.25) is 4.79 Å². The summed E-state index contributed by atoms with van der Waals surface area (Å²) in [4.78, 5) is 12.7. The van der Waals surface area contributed by atoms with Crippen LogP contribution in [-0.2, 0) is 14.8 Å². The van der Waals surface area contributed by atoms with E-state index in [1.807, 2.05) is 0 Å². The second kappa shape index (κ2) is 8.01. The number of nitrogens with one attached hydrogen (secondary N) is 1. The van der Waals surface area contributed by atoms with E-state index in [1.54, 1.807) is 43.3 Å². The van der Waals surface area contributed by atoms with Gasteiger partial charge in [-0.15, -0.1) is 0 Å². The Hall–Kier alpha value is -2.19. The van der Waals surface area contributed by atoms with Crippen molar-refractivity contribution in [1.29, 1.82) is 0 Å². The topological polar surface area (TPSA) is 92.5 Å². The highest BCUT2D eigenvalue weighted by Crippen LogP contribution is 2.27. The lowest BCUT2D eigenvalue weighted by atomic mass is 9.95. The van der Waals surface area contributed by atoms with Crippen LogP contribution in [0.5, 0.6) is 0 Å². The number of carbonyl (C=O) groups is 1. The Kier molecular flexibility index (Phi) is 5.73. The maximum atomic E-state index is 13.1. The number of aryl methyl sites for hydroxylation is 1. The minimum atomic E-state index is -3.75. The van der Waals surface area contributed by atoms with Gasteiger partial charge in [0.15, 0.2) is 5.82 Å². The van der Waals surface area contributed by atoms with E-state index in [1.165, 1.54) is 4.31 Å². The maximum Gasteiger partial charge on any atom is 0.243 e. The van der Waals surface area contributed by atoms with E-state index in [0.29, 0.717) is 5.76 Å². The molecule has 0 bridgehead atoms. The van der Waals surface area contributed by atoms with Crippen molar-refractivity contribution < 1.29 is 17.7 Å². The van der Waals surface area contributed by atoms with E-state index in [9.17, 15) is 13.2 Å². The van der Waals surface area contributed by atoms with Crippen molar-refractivity contribution in [3.63, 3.8) is 0 Å². The number of benzene rings is 1. The Morgan fingerprint density at radius 1 is 1.23 bits per heavy atom. The summed E-state index contributed by atoms with van der Waals surface area (Å²) in [7, 11) is -3.75. The summed E-state index contributed by atoms with van der Waals surface area (Å²) in [5, 5.41) is 6.33. The Labute approximate surface area is 153 Å². The second-order valence-electron chi connectivity index (χ2n) is 6.53. The summed E-state index contributed by atoms with van der Waals surface area (Å²) in [5.74, 6) is 0.429. The van der Waals surface area contributed by atoms with Crippen LogP contribution in [-0.4, -0.2) is 36.4 Å². The molecule has 2 aromatic rings. The van der Waals surface area contributed by atoms with Gasteiger partial charge in [0.05, 0.1) is 11.4 Å². The van der Waals surface area contributed by atoms with Crippen LogP contribution in [0.2, 0.25) is 0 Å². The molecule has 7 nitrogen and oxygen atoms in total. The van der Waals surface area contributed by atoms with Gasteiger partial charge in [-0.1, -0.05) is 42.6 Å². The van der Waals surface area contributed by atoms with Crippen LogP contribution in [0.1, 0.15) is 37.9 Å². The molecule has 1 aliphatic carbocycles. The van der Waals surface area contributed by atoms with E-state index < -0.39 is 15.9 Å². The number of aromatic nitrogens is 1. The fourth-order valence-corrected chi connectivity index (χ4v) is 4.92. The Morgan fingerprint density at radius 3 is 2.54 bits per heavy atom. The van der Waals surface area contributed by atoms with Gasteiger partial charge in [-0.2, -0.15) is 4.31 Å². The van der Waals surface area contributed by atoms with Crippen molar-refractivity contribution in [3.05, 3.63) is 42.2 Å². The highest BCUT2D eigenvalue weighted by molar-refractivity contribution is 7.89. The lowest BCUT2D eigenvalue weighted by Crippen LogP contribution is -2.45. The highest BCUT2D eigenvalue weighted by atomic mass is 32.2. The van der Waals surface area contributed by atoms with Crippen molar-refractivity contribution in [2.75, 3.05) is 11.9 Å². The molecule has 1 aromatic carbocycles. The largest absolute Gasteiger partial charge is 0.360 e. The first kappa shape index (κ1) is 18.6. The number of nitrogens with zero attached hydrogens (tertiary/aromatic N) is 2. The van der Waals surface area contributed by atoms with Gasteiger partial charge in [-0.05, 0) is 31.9 Å². The fourth-order valence-electron chi connectivity index (χ4n) is 3.26. The third kappa shape index (κ3) is 4.31. The average molecular weight is 377 g/mol. The van der Waals surface area contributed by atoms with Crippen molar-refractivity contribution in [3.8, 4) is 0 Å². The van der Waals surface area contributed by atoms with Crippen LogP contribution in [0.3, 0.4) is 0 Å². The zero-order valence-corrected chi connectivity index (χ0v) is 15.5. The molecule has 0 radical (unpaired) electrons. The van der Waals surface area contributed by atoms with Crippen molar-refractivity contribution >= 4 is 21.7 Å². The predicted octanol–water partition coefficient (Wildman–Crippen LogP) is 2.95. The Morgan fingerprint density at radius 2 is 1.92 bits per heavy atom. The summed E-state index contributed by atoms with van der Waals surface area (Å²) in [5.41, 5.74) is 0. The number of carbonyl (C=O) groups excluding carboxylic acids is 1. The molecule has 140 valence electrons. The molecule has 1 heterocycles. The van der Waals surface area contributed by atoms with Crippen LogP contribution < -0.4 is 5.32 Å². The fraction of sp³-hybridized carbons (Fsp3) is 0.444. The molecule has 26 heavy (non-hydrogen) atoms. The molecule has 0 aliphatic heterocycles. The first-order chi connectivity index (χ1) is 12.5. The molecule has 1 saturated carbocycles. The number of rotatable bonds is 6. The molecule has 1 N–H and O–H groups in total. The van der Waals surface area contributed by atoms with Crippen LogP contribution in [0.4, 0.5) is 5.82 Å². The summed E-state index contributed by atoms with van der Waals surface area (Å²) in [6.07, 6.45) is 4.57. The number of amides is 1. The Balaban J connectivity index is 1.82. The molecular formula is C18H23N3O4S. The van der Waals surface area contributed by atoms with Crippen LogP contribution >= 0.6 is 0 Å². The molecule has 0 spiro atoms. The van der Waals surface area contributed by atoms with E-state index in [0.717, 1.165) is 32.1 Å². The maximum absolute atomic E-state index is 13.1. The van der Waals surface area contributed by atoms with Crippen LogP contribution in [0.15, 0.2) is 45.8 Å². The van der Waals surface area contributed by atoms with Gasteiger partial charge in [0.1, 0.15) is 5.76 Å². The van der Waals surface area contributed by atoms with E-state index >= 15 is 0 Å². The monoisotopic (exact) mass is 377 g/mol. The number of sulfonamides is 1. The third-order valence-corrected chi connectivity index (χ3v) is 6.44.